The molecule has 0 atom stereocenters. The molecule has 1 aromatic heterocycles. The summed E-state index contributed by atoms with van der Waals surface area (Å²) in [6.07, 6.45) is 0.634. The first-order valence-electron chi connectivity index (χ1n) is 7.95. The first-order chi connectivity index (χ1) is 11.3. The second-order valence-electron chi connectivity index (χ2n) is 6.66. The number of nitrogens with zero attached hydrogens (tertiary/aromatic N) is 4. The van der Waals surface area contributed by atoms with Crippen LogP contribution in [0.4, 0.5) is 0 Å². The Bertz CT molecular complexity index is 730. The SMILES string of the molecule is CCc1c(C(=O)N(C)CC(C)(C)CN)nnn1-c1cccc(Cl)c1.Cl. The van der Waals surface area contributed by atoms with Gasteiger partial charge in [0.05, 0.1) is 11.4 Å². The molecule has 0 spiro atoms. The summed E-state index contributed by atoms with van der Waals surface area (Å²) in [6.45, 7) is 7.08. The highest BCUT2D eigenvalue weighted by Gasteiger charge is 2.26. The Balaban J connectivity index is 0.00000312. The van der Waals surface area contributed by atoms with Gasteiger partial charge in [-0.15, -0.1) is 17.5 Å². The Hall–Kier alpha value is -1.63. The van der Waals surface area contributed by atoms with Crippen molar-refractivity contribution in [3.63, 3.8) is 0 Å². The van der Waals surface area contributed by atoms with Crippen LogP contribution in [0.15, 0.2) is 24.3 Å². The number of halogens is 2. The van der Waals surface area contributed by atoms with Crippen LogP contribution >= 0.6 is 24.0 Å². The lowest BCUT2D eigenvalue weighted by molar-refractivity contribution is 0.0733. The fraction of sp³-hybridized carbons (Fsp3) is 0.471. The number of carbonyl (C=O) groups excluding carboxylic acids is 1. The average Bonchev–Trinajstić information content (AvgIpc) is 2.97. The van der Waals surface area contributed by atoms with E-state index in [0.717, 1.165) is 11.4 Å². The van der Waals surface area contributed by atoms with Crippen LogP contribution in [0.1, 0.15) is 37.0 Å². The van der Waals surface area contributed by atoms with Crippen LogP contribution in [0, 0.1) is 5.41 Å². The van der Waals surface area contributed by atoms with Crippen molar-refractivity contribution < 1.29 is 4.79 Å². The smallest absolute Gasteiger partial charge is 0.276 e. The summed E-state index contributed by atoms with van der Waals surface area (Å²) in [5, 5.41) is 8.88. The molecule has 1 aromatic carbocycles. The van der Waals surface area contributed by atoms with Gasteiger partial charge in [-0.25, -0.2) is 4.68 Å². The van der Waals surface area contributed by atoms with E-state index >= 15 is 0 Å². The molecule has 25 heavy (non-hydrogen) atoms. The summed E-state index contributed by atoms with van der Waals surface area (Å²) < 4.78 is 1.67. The highest BCUT2D eigenvalue weighted by molar-refractivity contribution is 6.30. The third-order valence-corrected chi connectivity index (χ3v) is 4.15. The Morgan fingerprint density at radius 2 is 2.08 bits per heavy atom. The van der Waals surface area contributed by atoms with Gasteiger partial charge in [-0.2, -0.15) is 0 Å². The fourth-order valence-corrected chi connectivity index (χ4v) is 2.74. The minimum Gasteiger partial charge on any atom is -0.340 e. The topological polar surface area (TPSA) is 77.0 Å². The molecule has 0 aliphatic rings. The molecular weight excluding hydrogens is 361 g/mol. The molecule has 0 fully saturated rings. The quantitative estimate of drug-likeness (QED) is 0.828. The van der Waals surface area contributed by atoms with Gasteiger partial charge < -0.3 is 10.6 Å². The second-order valence-corrected chi connectivity index (χ2v) is 7.10. The van der Waals surface area contributed by atoms with E-state index in [0.29, 0.717) is 30.2 Å². The van der Waals surface area contributed by atoms with E-state index in [2.05, 4.69) is 10.3 Å². The maximum Gasteiger partial charge on any atom is 0.276 e. The van der Waals surface area contributed by atoms with Gasteiger partial charge in [-0.1, -0.05) is 43.7 Å². The largest absolute Gasteiger partial charge is 0.340 e. The van der Waals surface area contributed by atoms with E-state index in [1.165, 1.54) is 0 Å². The molecule has 0 radical (unpaired) electrons. The Kier molecular flexibility index (Phi) is 7.41. The van der Waals surface area contributed by atoms with Crippen molar-refractivity contribution in [2.75, 3.05) is 20.1 Å². The van der Waals surface area contributed by atoms with Crippen molar-refractivity contribution in [2.45, 2.75) is 27.2 Å². The van der Waals surface area contributed by atoms with Gasteiger partial charge in [-0.3, -0.25) is 4.79 Å². The van der Waals surface area contributed by atoms with Crippen LogP contribution in [-0.4, -0.2) is 45.9 Å². The van der Waals surface area contributed by atoms with Crippen molar-refractivity contribution in [3.05, 3.63) is 40.7 Å². The van der Waals surface area contributed by atoms with Crippen LogP contribution in [0.2, 0.25) is 5.02 Å². The van der Waals surface area contributed by atoms with Crippen molar-refractivity contribution in [1.29, 1.82) is 0 Å². The lowest BCUT2D eigenvalue weighted by Gasteiger charge is -2.28. The zero-order valence-corrected chi connectivity index (χ0v) is 16.6. The van der Waals surface area contributed by atoms with Gasteiger partial charge in [0.15, 0.2) is 5.69 Å². The number of aromatic nitrogens is 3. The highest BCUT2D eigenvalue weighted by Crippen LogP contribution is 2.20. The number of benzene rings is 1. The van der Waals surface area contributed by atoms with E-state index < -0.39 is 0 Å². The minimum absolute atomic E-state index is 0. The number of rotatable bonds is 6. The Labute approximate surface area is 159 Å². The molecule has 1 amide bonds. The van der Waals surface area contributed by atoms with E-state index in [1.807, 2.05) is 32.9 Å². The standard InChI is InChI=1S/C17H24ClN5O.ClH/c1-5-14-15(16(24)22(4)11-17(2,3)10-19)20-21-23(14)13-8-6-7-12(18)9-13;/h6-9H,5,10-11,19H2,1-4H3;1H. The third-order valence-electron chi connectivity index (χ3n) is 3.92. The molecule has 2 rings (SSSR count). The summed E-state index contributed by atoms with van der Waals surface area (Å²) in [4.78, 5) is 14.4. The van der Waals surface area contributed by atoms with Gasteiger partial charge in [0.1, 0.15) is 0 Å². The first-order valence-corrected chi connectivity index (χ1v) is 8.33. The van der Waals surface area contributed by atoms with Crippen LogP contribution in [0.3, 0.4) is 0 Å². The second kappa shape index (κ2) is 8.65. The van der Waals surface area contributed by atoms with E-state index in [-0.39, 0.29) is 23.7 Å². The summed E-state index contributed by atoms with van der Waals surface area (Å²) >= 11 is 6.05. The molecule has 8 heteroatoms. The van der Waals surface area contributed by atoms with Crippen LogP contribution in [0.5, 0.6) is 0 Å². The minimum atomic E-state index is -0.153. The number of hydrogen-bond acceptors (Lipinski definition) is 4. The van der Waals surface area contributed by atoms with E-state index in [1.54, 1.807) is 28.8 Å². The average molecular weight is 386 g/mol. The van der Waals surface area contributed by atoms with E-state index in [9.17, 15) is 4.79 Å². The Morgan fingerprint density at radius 1 is 1.40 bits per heavy atom. The number of hydrogen-bond donors (Lipinski definition) is 1. The molecule has 0 aliphatic heterocycles. The summed E-state index contributed by atoms with van der Waals surface area (Å²) in [5.41, 5.74) is 7.53. The van der Waals surface area contributed by atoms with Crippen LogP contribution in [-0.2, 0) is 6.42 Å². The summed E-state index contributed by atoms with van der Waals surface area (Å²) in [5.74, 6) is -0.151. The molecule has 0 saturated heterocycles. The third kappa shape index (κ3) is 4.93. The predicted octanol–water partition coefficient (Wildman–Crippen LogP) is 2.96. The fourth-order valence-electron chi connectivity index (χ4n) is 2.56. The zero-order chi connectivity index (χ0) is 17.9. The number of carbonyl (C=O) groups is 1. The maximum absolute atomic E-state index is 12.8. The predicted molar refractivity (Wildman–Crippen MR) is 103 cm³/mol. The van der Waals surface area contributed by atoms with Gasteiger partial charge in [0, 0.05) is 18.6 Å². The molecule has 138 valence electrons. The van der Waals surface area contributed by atoms with Gasteiger partial charge in [0.2, 0.25) is 0 Å². The monoisotopic (exact) mass is 385 g/mol. The van der Waals surface area contributed by atoms with E-state index in [4.69, 9.17) is 17.3 Å². The molecule has 0 unspecified atom stereocenters. The van der Waals surface area contributed by atoms with Gasteiger partial charge in [0.25, 0.3) is 5.91 Å². The molecular formula is C17H25Cl2N5O. The zero-order valence-electron chi connectivity index (χ0n) is 15.0. The summed E-state index contributed by atoms with van der Waals surface area (Å²) in [7, 11) is 1.76. The molecule has 0 aliphatic carbocycles. The molecule has 0 bridgehead atoms. The highest BCUT2D eigenvalue weighted by atomic mass is 35.5. The molecule has 0 saturated carbocycles. The molecule has 2 N–H and O–H groups in total. The lowest BCUT2D eigenvalue weighted by atomic mass is 9.93. The molecule has 1 heterocycles. The lowest BCUT2D eigenvalue weighted by Crippen LogP contribution is -2.40. The molecule has 6 nitrogen and oxygen atoms in total. The van der Waals surface area contributed by atoms with Gasteiger partial charge in [-0.05, 0) is 36.6 Å². The van der Waals surface area contributed by atoms with Crippen LogP contribution < -0.4 is 5.73 Å². The van der Waals surface area contributed by atoms with Crippen molar-refractivity contribution >= 4 is 29.9 Å². The summed E-state index contributed by atoms with van der Waals surface area (Å²) in [6, 6.07) is 7.32. The Morgan fingerprint density at radius 3 is 2.64 bits per heavy atom. The van der Waals surface area contributed by atoms with Gasteiger partial charge >= 0.3 is 0 Å². The van der Waals surface area contributed by atoms with Crippen molar-refractivity contribution in [3.8, 4) is 5.69 Å². The molecule has 2 aromatic rings. The maximum atomic E-state index is 12.8. The normalized spacial score (nSPS) is 11.1. The van der Waals surface area contributed by atoms with Crippen LogP contribution in [0.25, 0.3) is 5.69 Å². The van der Waals surface area contributed by atoms with Crippen molar-refractivity contribution in [1.82, 2.24) is 19.9 Å². The van der Waals surface area contributed by atoms with Crippen molar-refractivity contribution in [2.24, 2.45) is 11.1 Å². The number of amides is 1. The first kappa shape index (κ1) is 21.4. The number of nitrogens with two attached hydrogens (primary N) is 1.